The summed E-state index contributed by atoms with van der Waals surface area (Å²) in [5.41, 5.74) is 0. The summed E-state index contributed by atoms with van der Waals surface area (Å²) in [4.78, 5) is 21.4. The van der Waals surface area contributed by atoms with Gasteiger partial charge in [0, 0.05) is 13.1 Å². The molecule has 1 heterocycles. The number of alkyl halides is 4. The first-order valence-electron chi connectivity index (χ1n) is 3.95. The summed E-state index contributed by atoms with van der Waals surface area (Å²) in [5.74, 6) is -8.93. The SMILES string of the molecule is O=C(O)C1CN(C(=O)C(F)(F)C(F)F)C1. The molecule has 86 valence electrons. The molecule has 0 radical (unpaired) electrons. The van der Waals surface area contributed by atoms with E-state index in [9.17, 15) is 27.2 Å². The van der Waals surface area contributed by atoms with Gasteiger partial charge in [-0.15, -0.1) is 0 Å². The molecular formula is C7H7F4NO3. The Balaban J connectivity index is 2.55. The molecule has 1 N–H and O–H groups in total. The van der Waals surface area contributed by atoms with Crippen LogP contribution in [0, 0.1) is 5.92 Å². The van der Waals surface area contributed by atoms with Gasteiger partial charge in [-0.05, 0) is 0 Å². The van der Waals surface area contributed by atoms with Crippen LogP contribution in [0.15, 0.2) is 0 Å². The highest BCUT2D eigenvalue weighted by Gasteiger charge is 2.54. The first kappa shape index (κ1) is 11.7. The van der Waals surface area contributed by atoms with Gasteiger partial charge < -0.3 is 10.0 Å². The molecule has 1 amide bonds. The number of aliphatic carboxylic acids is 1. The second-order valence-corrected chi connectivity index (χ2v) is 3.17. The molecule has 1 aliphatic rings. The summed E-state index contributed by atoms with van der Waals surface area (Å²) in [6, 6.07) is 0. The number of halogens is 4. The minimum Gasteiger partial charge on any atom is -0.481 e. The number of amides is 1. The van der Waals surface area contributed by atoms with Gasteiger partial charge in [-0.25, -0.2) is 8.78 Å². The van der Waals surface area contributed by atoms with Crippen molar-refractivity contribution in [2.75, 3.05) is 13.1 Å². The zero-order valence-electron chi connectivity index (χ0n) is 7.29. The Kier molecular flexibility index (Phi) is 2.87. The molecule has 1 saturated heterocycles. The van der Waals surface area contributed by atoms with E-state index in [1.165, 1.54) is 0 Å². The summed E-state index contributed by atoms with van der Waals surface area (Å²) in [6.45, 7) is -0.896. The van der Waals surface area contributed by atoms with Gasteiger partial charge in [-0.1, -0.05) is 0 Å². The van der Waals surface area contributed by atoms with Crippen molar-refractivity contribution >= 4 is 11.9 Å². The second-order valence-electron chi connectivity index (χ2n) is 3.17. The van der Waals surface area contributed by atoms with Gasteiger partial charge in [-0.2, -0.15) is 8.78 Å². The lowest BCUT2D eigenvalue weighted by atomic mass is 9.99. The van der Waals surface area contributed by atoms with Gasteiger partial charge in [0.05, 0.1) is 5.92 Å². The summed E-state index contributed by atoms with van der Waals surface area (Å²) < 4.78 is 48.4. The van der Waals surface area contributed by atoms with Crippen LogP contribution in [0.3, 0.4) is 0 Å². The van der Waals surface area contributed by atoms with Gasteiger partial charge in [0.15, 0.2) is 0 Å². The molecule has 0 spiro atoms. The van der Waals surface area contributed by atoms with Crippen molar-refractivity contribution in [3.8, 4) is 0 Å². The van der Waals surface area contributed by atoms with Crippen molar-refractivity contribution in [2.45, 2.75) is 12.3 Å². The lowest BCUT2D eigenvalue weighted by Crippen LogP contribution is -2.59. The maximum atomic E-state index is 12.5. The molecule has 0 aromatic heterocycles. The largest absolute Gasteiger partial charge is 0.481 e. The average molecular weight is 229 g/mol. The minimum atomic E-state index is -4.73. The molecule has 1 aliphatic heterocycles. The van der Waals surface area contributed by atoms with Crippen LogP contribution in [0.5, 0.6) is 0 Å². The van der Waals surface area contributed by atoms with Crippen LogP contribution in [0.4, 0.5) is 17.6 Å². The Morgan fingerprint density at radius 3 is 2.13 bits per heavy atom. The van der Waals surface area contributed by atoms with E-state index in [1.54, 1.807) is 0 Å². The first-order chi connectivity index (χ1) is 6.76. The first-order valence-corrected chi connectivity index (χ1v) is 3.95. The number of carbonyl (C=O) groups excluding carboxylic acids is 1. The van der Waals surface area contributed by atoms with E-state index < -0.39 is 43.2 Å². The minimum absolute atomic E-state index is 0.408. The molecule has 0 unspecified atom stereocenters. The summed E-state index contributed by atoms with van der Waals surface area (Å²) >= 11 is 0. The topological polar surface area (TPSA) is 57.6 Å². The van der Waals surface area contributed by atoms with Crippen molar-refractivity contribution in [2.24, 2.45) is 5.92 Å². The maximum Gasteiger partial charge on any atom is 0.383 e. The number of hydrogen-bond acceptors (Lipinski definition) is 2. The quantitative estimate of drug-likeness (QED) is 0.714. The van der Waals surface area contributed by atoms with Gasteiger partial charge in [0.1, 0.15) is 0 Å². The molecule has 0 atom stereocenters. The van der Waals surface area contributed by atoms with Crippen LogP contribution in [0.2, 0.25) is 0 Å². The van der Waals surface area contributed by atoms with Crippen LogP contribution in [-0.4, -0.2) is 47.3 Å². The highest BCUT2D eigenvalue weighted by Crippen LogP contribution is 2.28. The van der Waals surface area contributed by atoms with E-state index in [-0.39, 0.29) is 0 Å². The fourth-order valence-corrected chi connectivity index (χ4v) is 1.10. The van der Waals surface area contributed by atoms with Crippen LogP contribution in [0.25, 0.3) is 0 Å². The van der Waals surface area contributed by atoms with E-state index in [4.69, 9.17) is 5.11 Å². The lowest BCUT2D eigenvalue weighted by Gasteiger charge is -2.38. The number of carbonyl (C=O) groups is 2. The molecule has 0 aromatic carbocycles. The average Bonchev–Trinajstić information content (AvgIpc) is 1.99. The van der Waals surface area contributed by atoms with E-state index in [0.29, 0.717) is 4.90 Å². The van der Waals surface area contributed by atoms with Crippen LogP contribution < -0.4 is 0 Å². The van der Waals surface area contributed by atoms with Gasteiger partial charge >= 0.3 is 18.3 Å². The van der Waals surface area contributed by atoms with Gasteiger partial charge in [0.25, 0.3) is 5.91 Å². The predicted molar refractivity (Wildman–Crippen MR) is 38.7 cm³/mol. The van der Waals surface area contributed by atoms with E-state index >= 15 is 0 Å². The highest BCUT2D eigenvalue weighted by molar-refractivity contribution is 5.86. The lowest BCUT2D eigenvalue weighted by molar-refractivity contribution is -0.188. The van der Waals surface area contributed by atoms with Crippen LogP contribution in [0.1, 0.15) is 0 Å². The molecule has 0 bridgehead atoms. The standard InChI is InChI=1S/C7H7F4NO3/c8-5(9)7(10,11)6(15)12-1-3(2-12)4(13)14/h3,5H,1-2H2,(H,13,14). The third-order valence-corrected chi connectivity index (χ3v) is 2.08. The number of likely N-dealkylation sites (tertiary alicyclic amines) is 1. The monoisotopic (exact) mass is 229 g/mol. The summed E-state index contributed by atoms with van der Waals surface area (Å²) in [7, 11) is 0. The second kappa shape index (κ2) is 3.67. The highest BCUT2D eigenvalue weighted by atomic mass is 19.3. The molecule has 1 rings (SSSR count). The molecule has 1 fully saturated rings. The summed E-state index contributed by atoms with van der Waals surface area (Å²) in [5, 5.41) is 8.37. The molecule has 0 aliphatic carbocycles. The van der Waals surface area contributed by atoms with Crippen LogP contribution in [-0.2, 0) is 9.59 Å². The predicted octanol–water partition coefficient (Wildman–Crippen LogP) is 0.430. The Hall–Kier alpha value is -1.34. The molecule has 8 heteroatoms. The van der Waals surface area contributed by atoms with Crippen LogP contribution >= 0.6 is 0 Å². The van der Waals surface area contributed by atoms with Gasteiger partial charge in [0.2, 0.25) is 0 Å². The maximum absolute atomic E-state index is 12.5. The fraction of sp³-hybridized carbons (Fsp3) is 0.714. The Morgan fingerprint density at radius 2 is 1.80 bits per heavy atom. The van der Waals surface area contributed by atoms with Crippen molar-refractivity contribution in [3.05, 3.63) is 0 Å². The van der Waals surface area contributed by atoms with E-state index in [1.807, 2.05) is 0 Å². The molecule has 15 heavy (non-hydrogen) atoms. The number of carboxylic acid groups (broad SMARTS) is 1. The molecule has 0 saturated carbocycles. The zero-order valence-corrected chi connectivity index (χ0v) is 7.29. The van der Waals surface area contributed by atoms with Crippen molar-refractivity contribution in [3.63, 3.8) is 0 Å². The zero-order chi connectivity index (χ0) is 11.8. The number of hydrogen-bond donors (Lipinski definition) is 1. The smallest absolute Gasteiger partial charge is 0.383 e. The molecular weight excluding hydrogens is 222 g/mol. The number of nitrogens with zero attached hydrogens (tertiary/aromatic N) is 1. The van der Waals surface area contributed by atoms with Crippen molar-refractivity contribution in [1.82, 2.24) is 4.90 Å². The third kappa shape index (κ3) is 2.02. The number of carboxylic acids is 1. The van der Waals surface area contributed by atoms with Crippen molar-refractivity contribution in [1.29, 1.82) is 0 Å². The molecule has 4 nitrogen and oxygen atoms in total. The van der Waals surface area contributed by atoms with Gasteiger partial charge in [-0.3, -0.25) is 9.59 Å². The molecule has 0 aromatic rings. The third-order valence-electron chi connectivity index (χ3n) is 2.08. The van der Waals surface area contributed by atoms with E-state index in [0.717, 1.165) is 0 Å². The Bertz CT molecular complexity index is 288. The Morgan fingerprint density at radius 1 is 1.33 bits per heavy atom. The Labute approximate surface area is 81.5 Å². The summed E-state index contributed by atoms with van der Waals surface area (Å²) in [6.07, 6.45) is -4.08. The normalized spacial score (nSPS) is 17.8. The van der Waals surface area contributed by atoms with Crippen molar-refractivity contribution < 1.29 is 32.3 Å². The number of rotatable bonds is 3. The van der Waals surface area contributed by atoms with E-state index in [2.05, 4.69) is 0 Å². The fourth-order valence-electron chi connectivity index (χ4n) is 1.10.